The predicted molar refractivity (Wildman–Crippen MR) is 112 cm³/mol. The van der Waals surface area contributed by atoms with Crippen molar-refractivity contribution in [2.45, 2.75) is 18.0 Å². The van der Waals surface area contributed by atoms with Crippen molar-refractivity contribution in [2.24, 2.45) is 0 Å². The molecule has 4 rings (SSSR count). The summed E-state index contributed by atoms with van der Waals surface area (Å²) in [6.45, 7) is 1.95. The van der Waals surface area contributed by atoms with Gasteiger partial charge in [0.05, 0.1) is 40.6 Å². The Labute approximate surface area is 177 Å². The van der Waals surface area contributed by atoms with Crippen molar-refractivity contribution in [3.8, 4) is 0 Å². The van der Waals surface area contributed by atoms with Gasteiger partial charge < -0.3 is 9.64 Å². The molecule has 0 bridgehead atoms. The number of aromatic nitrogens is 2. The van der Waals surface area contributed by atoms with Gasteiger partial charge in [-0.3, -0.25) is 19.1 Å². The smallest absolute Gasteiger partial charge is 0.308 e. The highest BCUT2D eigenvalue weighted by molar-refractivity contribution is 7.89. The number of ether oxygens (including phenoxy) is 1. The largest absolute Gasteiger partial charge is 0.378 e. The predicted octanol–water partition coefficient (Wildman–Crippen LogP) is 0.795. The molecule has 9 nitrogen and oxygen atoms in total. The Kier molecular flexibility index (Phi) is 5.95. The van der Waals surface area contributed by atoms with Crippen LogP contribution in [0.2, 0.25) is 0 Å². The molecule has 2 aromatic heterocycles. The molecular weight excluding hydrogens is 428 g/mol. The molecule has 0 aliphatic carbocycles. The Balaban J connectivity index is 1.54. The number of carbonyl (C=O) groups excluding carboxylic acids is 1. The minimum atomic E-state index is -3.78. The first-order valence-corrected chi connectivity index (χ1v) is 11.6. The second-order valence-electron chi connectivity index (χ2n) is 6.72. The number of nitrogens with zero attached hydrogens (tertiary/aromatic N) is 3. The van der Waals surface area contributed by atoms with E-state index in [1.807, 2.05) is 0 Å². The van der Waals surface area contributed by atoms with E-state index in [0.29, 0.717) is 42.2 Å². The molecule has 3 heterocycles. The lowest BCUT2D eigenvalue weighted by Crippen LogP contribution is -2.43. The van der Waals surface area contributed by atoms with Crippen LogP contribution in [0.5, 0.6) is 0 Å². The molecule has 1 N–H and O–H groups in total. The van der Waals surface area contributed by atoms with Crippen LogP contribution in [0.4, 0.5) is 0 Å². The van der Waals surface area contributed by atoms with Gasteiger partial charge in [-0.2, -0.15) is 0 Å². The maximum absolute atomic E-state index is 12.6. The maximum atomic E-state index is 12.6. The van der Waals surface area contributed by atoms with Crippen LogP contribution in [0.15, 0.2) is 52.3 Å². The average molecular weight is 449 g/mol. The molecule has 1 saturated heterocycles. The van der Waals surface area contributed by atoms with Crippen molar-refractivity contribution in [2.75, 3.05) is 26.3 Å². The number of benzene rings is 1. The zero-order chi connectivity index (χ0) is 21.1. The first-order chi connectivity index (χ1) is 14.4. The van der Waals surface area contributed by atoms with Crippen molar-refractivity contribution in [1.82, 2.24) is 19.2 Å². The zero-order valence-corrected chi connectivity index (χ0v) is 17.6. The third kappa shape index (κ3) is 4.43. The average Bonchev–Trinajstić information content (AvgIpc) is 3.08. The van der Waals surface area contributed by atoms with Crippen molar-refractivity contribution < 1.29 is 17.9 Å². The molecule has 1 aliphatic heterocycles. The normalized spacial score (nSPS) is 14.9. The molecule has 0 saturated carbocycles. The van der Waals surface area contributed by atoms with Gasteiger partial charge in [0.15, 0.2) is 0 Å². The monoisotopic (exact) mass is 448 g/mol. The van der Waals surface area contributed by atoms with Crippen LogP contribution in [0.25, 0.3) is 10.2 Å². The lowest BCUT2D eigenvalue weighted by molar-refractivity contribution is -0.135. The molecule has 158 valence electrons. The second kappa shape index (κ2) is 8.64. The van der Waals surface area contributed by atoms with Crippen molar-refractivity contribution in [1.29, 1.82) is 0 Å². The fraction of sp³-hybridized carbons (Fsp3) is 0.316. The molecule has 1 fully saturated rings. The number of rotatable bonds is 6. The highest BCUT2D eigenvalue weighted by atomic mass is 32.2. The van der Waals surface area contributed by atoms with E-state index < -0.39 is 10.0 Å². The van der Waals surface area contributed by atoms with E-state index in [-0.39, 0.29) is 28.8 Å². The van der Waals surface area contributed by atoms with E-state index in [9.17, 15) is 18.0 Å². The topological polar surface area (TPSA) is 111 Å². The van der Waals surface area contributed by atoms with Crippen LogP contribution in [0.1, 0.15) is 5.69 Å². The van der Waals surface area contributed by atoms with Gasteiger partial charge in [0.1, 0.15) is 6.54 Å². The van der Waals surface area contributed by atoms with Crippen molar-refractivity contribution in [3.63, 3.8) is 0 Å². The molecule has 1 aliphatic rings. The molecule has 0 spiro atoms. The van der Waals surface area contributed by atoms with E-state index in [1.54, 1.807) is 35.4 Å². The maximum Gasteiger partial charge on any atom is 0.308 e. The van der Waals surface area contributed by atoms with Crippen LogP contribution in [-0.4, -0.2) is 55.1 Å². The number of hydrogen-bond acceptors (Lipinski definition) is 7. The lowest BCUT2D eigenvalue weighted by Gasteiger charge is -2.26. The molecule has 0 radical (unpaired) electrons. The highest BCUT2D eigenvalue weighted by Gasteiger charge is 2.21. The number of nitrogens with one attached hydrogen (secondary N) is 1. The standard InChI is InChI=1S/C19H20N4O5S2/c24-18(22-7-9-28-10-8-22)13-23-16-5-4-15(11-17(16)29-19(23)25)30(26,27)21-12-14-3-1-2-6-20-14/h1-6,11,21H,7-10,12-13H2. The molecule has 3 aromatic rings. The Morgan fingerprint density at radius 1 is 1.20 bits per heavy atom. The van der Waals surface area contributed by atoms with Gasteiger partial charge in [-0.1, -0.05) is 17.4 Å². The summed E-state index contributed by atoms with van der Waals surface area (Å²) in [4.78, 5) is 30.5. The Bertz CT molecular complexity index is 1210. The molecule has 1 aromatic carbocycles. The SMILES string of the molecule is O=C(Cn1c(=O)sc2cc(S(=O)(=O)NCc3ccccn3)ccc21)N1CCOCC1. The third-order valence-corrected chi connectivity index (χ3v) is 7.12. The van der Waals surface area contributed by atoms with Crippen molar-refractivity contribution in [3.05, 3.63) is 58.0 Å². The van der Waals surface area contributed by atoms with Gasteiger partial charge in [-0.15, -0.1) is 0 Å². The van der Waals surface area contributed by atoms with E-state index >= 15 is 0 Å². The van der Waals surface area contributed by atoms with Gasteiger partial charge in [0.2, 0.25) is 15.9 Å². The van der Waals surface area contributed by atoms with Gasteiger partial charge in [0.25, 0.3) is 0 Å². The summed E-state index contributed by atoms with van der Waals surface area (Å²) in [7, 11) is -3.78. The van der Waals surface area contributed by atoms with Gasteiger partial charge in [-0.25, -0.2) is 13.1 Å². The quantitative estimate of drug-likeness (QED) is 0.597. The molecular formula is C19H20N4O5S2. The minimum absolute atomic E-state index is 0.0545. The summed E-state index contributed by atoms with van der Waals surface area (Å²) in [5.74, 6) is -0.158. The number of morpholine rings is 1. The summed E-state index contributed by atoms with van der Waals surface area (Å²) in [6.07, 6.45) is 1.59. The molecule has 0 unspecified atom stereocenters. The van der Waals surface area contributed by atoms with E-state index in [4.69, 9.17) is 4.74 Å². The first kappa shape index (κ1) is 20.7. The molecule has 1 amide bonds. The highest BCUT2D eigenvalue weighted by Crippen LogP contribution is 2.22. The summed E-state index contributed by atoms with van der Waals surface area (Å²) in [6, 6.07) is 9.71. The minimum Gasteiger partial charge on any atom is -0.378 e. The van der Waals surface area contributed by atoms with E-state index in [1.165, 1.54) is 16.7 Å². The number of pyridine rings is 1. The van der Waals surface area contributed by atoms with Gasteiger partial charge in [0, 0.05) is 19.3 Å². The molecule has 11 heteroatoms. The Morgan fingerprint density at radius 2 is 2.00 bits per heavy atom. The first-order valence-electron chi connectivity index (χ1n) is 9.32. The summed E-state index contributed by atoms with van der Waals surface area (Å²) in [5, 5.41) is 0. The fourth-order valence-corrected chi connectivity index (χ4v) is 5.20. The van der Waals surface area contributed by atoms with Crippen LogP contribution < -0.4 is 9.60 Å². The number of sulfonamides is 1. The number of carbonyl (C=O) groups is 1. The van der Waals surface area contributed by atoms with E-state index in [0.717, 1.165) is 11.3 Å². The van der Waals surface area contributed by atoms with Crippen molar-refractivity contribution >= 4 is 37.5 Å². The number of fused-ring (bicyclic) bond motifs is 1. The van der Waals surface area contributed by atoms with Crippen LogP contribution in [-0.2, 0) is 32.6 Å². The number of hydrogen-bond donors (Lipinski definition) is 1. The fourth-order valence-electron chi connectivity index (χ4n) is 3.17. The second-order valence-corrected chi connectivity index (χ2v) is 9.48. The van der Waals surface area contributed by atoms with Gasteiger partial charge in [-0.05, 0) is 30.3 Å². The Hall–Kier alpha value is -2.60. The summed E-state index contributed by atoms with van der Waals surface area (Å²) < 4.78 is 34.9. The van der Waals surface area contributed by atoms with E-state index in [2.05, 4.69) is 9.71 Å². The number of amides is 1. The van der Waals surface area contributed by atoms with Crippen LogP contribution in [0, 0.1) is 0 Å². The zero-order valence-electron chi connectivity index (χ0n) is 16.0. The van der Waals surface area contributed by atoms with Crippen LogP contribution >= 0.6 is 11.3 Å². The molecule has 30 heavy (non-hydrogen) atoms. The molecule has 0 atom stereocenters. The number of thiazole rings is 1. The summed E-state index contributed by atoms with van der Waals surface area (Å²) in [5.41, 5.74) is 1.13. The van der Waals surface area contributed by atoms with Gasteiger partial charge >= 0.3 is 4.87 Å². The summed E-state index contributed by atoms with van der Waals surface area (Å²) >= 11 is 0.920. The van der Waals surface area contributed by atoms with Crippen LogP contribution in [0.3, 0.4) is 0 Å². The Morgan fingerprint density at radius 3 is 2.73 bits per heavy atom. The lowest BCUT2D eigenvalue weighted by atomic mass is 10.3. The third-order valence-electron chi connectivity index (χ3n) is 4.78.